The van der Waals surface area contributed by atoms with Gasteiger partial charge in [-0.2, -0.15) is 8.78 Å². The highest BCUT2D eigenvalue weighted by molar-refractivity contribution is 5.32. The average molecular weight is 255 g/mol. The summed E-state index contributed by atoms with van der Waals surface area (Å²) >= 11 is 0. The van der Waals surface area contributed by atoms with Gasteiger partial charge in [0.2, 0.25) is 0 Å². The van der Waals surface area contributed by atoms with Crippen LogP contribution in [0, 0.1) is 0 Å². The van der Waals surface area contributed by atoms with Gasteiger partial charge in [0.05, 0.1) is 6.04 Å². The third kappa shape index (κ3) is 4.45. The van der Waals surface area contributed by atoms with E-state index in [0.717, 1.165) is 24.1 Å². The summed E-state index contributed by atoms with van der Waals surface area (Å²) < 4.78 is 28.4. The van der Waals surface area contributed by atoms with E-state index < -0.39 is 6.61 Å². The highest BCUT2D eigenvalue weighted by Gasteiger charge is 2.11. The lowest BCUT2D eigenvalue weighted by atomic mass is 10.0. The minimum atomic E-state index is -2.79. The average Bonchev–Trinajstić information content (AvgIpc) is 2.30. The quantitative estimate of drug-likeness (QED) is 0.746. The third-order valence-electron chi connectivity index (χ3n) is 2.53. The van der Waals surface area contributed by atoms with Crippen LogP contribution in [0.5, 0.6) is 5.75 Å². The standard InChI is InChI=1S/C14H19F2NO/c1-4-9-17-13(10(2)3)11-5-7-12(8-6-11)18-14(15)16/h5-8,13-14,17H,2,4,9H2,1,3H3. The Hall–Kier alpha value is -1.42. The molecule has 1 atom stereocenters. The van der Waals surface area contributed by atoms with Crippen LogP contribution in [0.2, 0.25) is 0 Å². The highest BCUT2D eigenvalue weighted by Crippen LogP contribution is 2.23. The van der Waals surface area contributed by atoms with E-state index in [1.54, 1.807) is 24.3 Å². The molecule has 0 radical (unpaired) electrons. The summed E-state index contributed by atoms with van der Waals surface area (Å²) in [4.78, 5) is 0. The fourth-order valence-electron chi connectivity index (χ4n) is 1.71. The number of hydrogen-bond acceptors (Lipinski definition) is 2. The van der Waals surface area contributed by atoms with Gasteiger partial charge in [0, 0.05) is 0 Å². The number of benzene rings is 1. The maximum Gasteiger partial charge on any atom is 0.387 e. The highest BCUT2D eigenvalue weighted by atomic mass is 19.3. The largest absolute Gasteiger partial charge is 0.435 e. The molecule has 0 aliphatic heterocycles. The van der Waals surface area contributed by atoms with Crippen LogP contribution < -0.4 is 10.1 Å². The van der Waals surface area contributed by atoms with Gasteiger partial charge >= 0.3 is 6.61 Å². The predicted octanol–water partition coefficient (Wildman–Crippen LogP) is 3.90. The smallest absolute Gasteiger partial charge is 0.387 e. The maximum atomic E-state index is 12.0. The molecule has 1 N–H and O–H groups in total. The second kappa shape index (κ2) is 7.11. The van der Waals surface area contributed by atoms with Gasteiger partial charge in [0.15, 0.2) is 0 Å². The molecule has 0 aliphatic carbocycles. The Bertz CT molecular complexity index is 376. The molecule has 18 heavy (non-hydrogen) atoms. The van der Waals surface area contributed by atoms with Crippen molar-refractivity contribution in [1.82, 2.24) is 5.32 Å². The lowest BCUT2D eigenvalue weighted by molar-refractivity contribution is -0.0498. The topological polar surface area (TPSA) is 21.3 Å². The normalized spacial score (nSPS) is 12.5. The molecule has 0 aliphatic rings. The van der Waals surface area contributed by atoms with E-state index in [-0.39, 0.29) is 11.8 Å². The molecule has 1 aromatic carbocycles. The summed E-state index contributed by atoms with van der Waals surface area (Å²) in [5, 5.41) is 3.36. The van der Waals surface area contributed by atoms with Crippen molar-refractivity contribution in [3.8, 4) is 5.75 Å². The lowest BCUT2D eigenvalue weighted by Gasteiger charge is -2.19. The fraction of sp³-hybridized carbons (Fsp3) is 0.429. The van der Waals surface area contributed by atoms with Crippen LogP contribution in [0.4, 0.5) is 8.78 Å². The summed E-state index contributed by atoms with van der Waals surface area (Å²) in [5.41, 5.74) is 1.99. The Kier molecular flexibility index (Phi) is 5.78. The predicted molar refractivity (Wildman–Crippen MR) is 68.9 cm³/mol. The van der Waals surface area contributed by atoms with Crippen LogP contribution in [0.25, 0.3) is 0 Å². The minimum absolute atomic E-state index is 0.0468. The number of alkyl halides is 2. The fourth-order valence-corrected chi connectivity index (χ4v) is 1.71. The molecular formula is C14H19F2NO. The molecule has 100 valence electrons. The van der Waals surface area contributed by atoms with Crippen LogP contribution >= 0.6 is 0 Å². The van der Waals surface area contributed by atoms with E-state index in [2.05, 4.69) is 23.6 Å². The molecule has 0 saturated heterocycles. The first kappa shape index (κ1) is 14.6. The van der Waals surface area contributed by atoms with Gasteiger partial charge in [-0.15, -0.1) is 0 Å². The van der Waals surface area contributed by atoms with E-state index in [9.17, 15) is 8.78 Å². The number of hydrogen-bond donors (Lipinski definition) is 1. The Morgan fingerprint density at radius 2 is 1.94 bits per heavy atom. The zero-order valence-electron chi connectivity index (χ0n) is 10.7. The van der Waals surface area contributed by atoms with Crippen molar-refractivity contribution in [3.05, 3.63) is 42.0 Å². The Morgan fingerprint density at radius 3 is 2.39 bits per heavy atom. The van der Waals surface area contributed by atoms with E-state index in [0.29, 0.717) is 0 Å². The molecule has 0 aromatic heterocycles. The van der Waals surface area contributed by atoms with Gasteiger partial charge in [-0.3, -0.25) is 0 Å². The first-order valence-electron chi connectivity index (χ1n) is 5.98. The SMILES string of the molecule is C=C(C)C(NCCC)c1ccc(OC(F)F)cc1. The van der Waals surface area contributed by atoms with Crippen LogP contribution in [0.1, 0.15) is 31.9 Å². The van der Waals surface area contributed by atoms with Crippen molar-refractivity contribution in [1.29, 1.82) is 0 Å². The Morgan fingerprint density at radius 1 is 1.33 bits per heavy atom. The van der Waals surface area contributed by atoms with Crippen molar-refractivity contribution in [3.63, 3.8) is 0 Å². The number of rotatable bonds is 7. The van der Waals surface area contributed by atoms with Crippen LogP contribution in [-0.4, -0.2) is 13.2 Å². The monoisotopic (exact) mass is 255 g/mol. The zero-order chi connectivity index (χ0) is 13.5. The first-order valence-corrected chi connectivity index (χ1v) is 5.98. The summed E-state index contributed by atoms with van der Waals surface area (Å²) in [5.74, 6) is 0.171. The number of ether oxygens (including phenoxy) is 1. The molecule has 4 heteroatoms. The molecule has 0 spiro atoms. The van der Waals surface area contributed by atoms with Crippen molar-refractivity contribution < 1.29 is 13.5 Å². The van der Waals surface area contributed by atoms with Gasteiger partial charge in [0.1, 0.15) is 5.75 Å². The van der Waals surface area contributed by atoms with Gasteiger partial charge in [-0.1, -0.05) is 31.2 Å². The molecule has 0 amide bonds. The Balaban J connectivity index is 2.77. The van der Waals surface area contributed by atoms with Gasteiger partial charge in [0.25, 0.3) is 0 Å². The lowest BCUT2D eigenvalue weighted by Crippen LogP contribution is -2.22. The second-order valence-electron chi connectivity index (χ2n) is 4.18. The molecule has 0 saturated carbocycles. The second-order valence-corrected chi connectivity index (χ2v) is 4.18. The number of nitrogens with one attached hydrogen (secondary N) is 1. The van der Waals surface area contributed by atoms with Crippen molar-refractivity contribution in [2.24, 2.45) is 0 Å². The van der Waals surface area contributed by atoms with Gasteiger partial charge in [-0.25, -0.2) is 0 Å². The van der Waals surface area contributed by atoms with Gasteiger partial charge < -0.3 is 10.1 Å². The summed E-state index contributed by atoms with van der Waals surface area (Å²) in [6, 6.07) is 6.70. The van der Waals surface area contributed by atoms with E-state index in [1.807, 2.05) is 6.92 Å². The zero-order valence-corrected chi connectivity index (χ0v) is 10.7. The molecule has 1 aromatic rings. The number of halogens is 2. The van der Waals surface area contributed by atoms with Crippen LogP contribution in [0.15, 0.2) is 36.4 Å². The molecule has 0 bridgehead atoms. The molecule has 1 unspecified atom stereocenters. The molecule has 0 fully saturated rings. The van der Waals surface area contributed by atoms with Crippen LogP contribution in [-0.2, 0) is 0 Å². The van der Waals surface area contributed by atoms with Gasteiger partial charge in [-0.05, 0) is 37.6 Å². The van der Waals surface area contributed by atoms with Crippen LogP contribution in [0.3, 0.4) is 0 Å². The van der Waals surface area contributed by atoms with E-state index >= 15 is 0 Å². The van der Waals surface area contributed by atoms with Crippen molar-refractivity contribution >= 4 is 0 Å². The van der Waals surface area contributed by atoms with Crippen molar-refractivity contribution in [2.75, 3.05) is 6.54 Å². The molecular weight excluding hydrogens is 236 g/mol. The summed E-state index contributed by atoms with van der Waals surface area (Å²) in [6.07, 6.45) is 1.02. The van der Waals surface area contributed by atoms with E-state index in [4.69, 9.17) is 0 Å². The van der Waals surface area contributed by atoms with Crippen molar-refractivity contribution in [2.45, 2.75) is 32.9 Å². The summed E-state index contributed by atoms with van der Waals surface area (Å²) in [6.45, 7) is 6.06. The third-order valence-corrected chi connectivity index (χ3v) is 2.53. The first-order chi connectivity index (χ1) is 8.54. The van der Waals surface area contributed by atoms with E-state index in [1.165, 1.54) is 0 Å². The molecule has 1 rings (SSSR count). The summed E-state index contributed by atoms with van der Waals surface area (Å²) in [7, 11) is 0. The molecule has 0 heterocycles. The minimum Gasteiger partial charge on any atom is -0.435 e. The molecule has 2 nitrogen and oxygen atoms in total. The maximum absolute atomic E-state index is 12.0. The Labute approximate surface area is 107 Å².